The van der Waals surface area contributed by atoms with Crippen LogP contribution in [0.5, 0.6) is 5.75 Å². The molecule has 0 aromatic heterocycles. The van der Waals surface area contributed by atoms with Gasteiger partial charge < -0.3 is 15.4 Å². The molecule has 0 bridgehead atoms. The van der Waals surface area contributed by atoms with Gasteiger partial charge >= 0.3 is 0 Å². The first-order chi connectivity index (χ1) is 17.0. The predicted octanol–water partition coefficient (Wildman–Crippen LogP) is 4.81. The summed E-state index contributed by atoms with van der Waals surface area (Å²) >= 11 is 6.21. The number of amides is 3. The van der Waals surface area contributed by atoms with Crippen LogP contribution in [-0.4, -0.2) is 35.8 Å². The third kappa shape index (κ3) is 5.70. The molecule has 35 heavy (non-hydrogen) atoms. The van der Waals surface area contributed by atoms with E-state index in [9.17, 15) is 14.4 Å². The zero-order chi connectivity index (χ0) is 24.8. The fourth-order valence-electron chi connectivity index (χ4n) is 3.63. The molecule has 8 heteroatoms. The van der Waals surface area contributed by atoms with Gasteiger partial charge in [-0.2, -0.15) is 0 Å². The highest BCUT2D eigenvalue weighted by molar-refractivity contribution is 6.48. The maximum absolute atomic E-state index is 12.9. The number of hydrogen-bond acceptors (Lipinski definition) is 5. The summed E-state index contributed by atoms with van der Waals surface area (Å²) in [4.78, 5) is 39.3. The van der Waals surface area contributed by atoms with Crippen molar-refractivity contribution in [2.75, 3.05) is 23.8 Å². The lowest BCUT2D eigenvalue weighted by molar-refractivity contribution is -0.137. The topological polar surface area (TPSA) is 87.7 Å². The number of imide groups is 1. The third-order valence-electron chi connectivity index (χ3n) is 5.40. The fraction of sp³-hybridized carbons (Fsp3) is 0.148. The Hall–Kier alpha value is -4.10. The highest BCUT2D eigenvalue weighted by atomic mass is 35.5. The van der Waals surface area contributed by atoms with E-state index in [-0.39, 0.29) is 23.2 Å². The molecule has 1 aliphatic heterocycles. The third-order valence-corrected chi connectivity index (χ3v) is 5.75. The molecule has 0 radical (unpaired) electrons. The largest absolute Gasteiger partial charge is 0.494 e. The van der Waals surface area contributed by atoms with Gasteiger partial charge in [0, 0.05) is 23.5 Å². The van der Waals surface area contributed by atoms with E-state index in [4.69, 9.17) is 16.3 Å². The number of nitrogens with zero attached hydrogens (tertiary/aromatic N) is 1. The molecule has 1 heterocycles. The number of ether oxygens (including phenoxy) is 1. The number of carbonyl (C=O) groups excluding carboxylic acids is 3. The molecule has 178 valence electrons. The van der Waals surface area contributed by atoms with Crippen LogP contribution in [-0.2, 0) is 16.0 Å². The van der Waals surface area contributed by atoms with Crippen LogP contribution in [0.1, 0.15) is 22.8 Å². The lowest BCUT2D eigenvalue weighted by Gasteiger charge is -2.15. The van der Waals surface area contributed by atoms with Crippen molar-refractivity contribution in [2.45, 2.75) is 13.3 Å². The van der Waals surface area contributed by atoms with Crippen molar-refractivity contribution in [2.24, 2.45) is 0 Å². The summed E-state index contributed by atoms with van der Waals surface area (Å²) in [6.45, 7) is 2.68. The molecule has 0 aliphatic carbocycles. The van der Waals surface area contributed by atoms with Crippen LogP contribution < -0.4 is 15.4 Å². The van der Waals surface area contributed by atoms with Crippen LogP contribution in [0.25, 0.3) is 0 Å². The fourth-order valence-corrected chi connectivity index (χ4v) is 3.86. The van der Waals surface area contributed by atoms with E-state index in [1.165, 1.54) is 0 Å². The summed E-state index contributed by atoms with van der Waals surface area (Å²) in [5.41, 5.74) is 2.46. The standard InChI is InChI=1S/C27H24ClN3O4/c1-2-35-22-13-11-20(12-14-22)30-25(32)19-9-6-10-21(17-19)29-24-23(28)26(33)31(27(24)34)16-15-18-7-4-3-5-8-18/h3-14,17,29H,2,15-16H2,1H3,(H,30,32). The van der Waals surface area contributed by atoms with E-state index in [0.717, 1.165) is 16.2 Å². The Balaban J connectivity index is 1.42. The summed E-state index contributed by atoms with van der Waals surface area (Å²) in [6.07, 6.45) is 0.525. The van der Waals surface area contributed by atoms with E-state index < -0.39 is 11.8 Å². The van der Waals surface area contributed by atoms with Crippen LogP contribution >= 0.6 is 11.6 Å². The van der Waals surface area contributed by atoms with Gasteiger partial charge in [-0.1, -0.05) is 48.0 Å². The Morgan fingerprint density at radius 1 is 0.914 bits per heavy atom. The number of halogens is 1. The molecule has 1 aliphatic rings. The molecule has 7 nitrogen and oxygen atoms in total. The minimum atomic E-state index is -0.542. The second kappa shape index (κ2) is 10.9. The maximum Gasteiger partial charge on any atom is 0.278 e. The van der Waals surface area contributed by atoms with Crippen LogP contribution in [0, 0.1) is 0 Å². The van der Waals surface area contributed by atoms with Crippen LogP contribution in [0.15, 0.2) is 89.6 Å². The second-order valence-corrected chi connectivity index (χ2v) is 8.18. The van der Waals surface area contributed by atoms with Gasteiger partial charge in [-0.15, -0.1) is 0 Å². The predicted molar refractivity (Wildman–Crippen MR) is 135 cm³/mol. The van der Waals surface area contributed by atoms with Crippen LogP contribution in [0.3, 0.4) is 0 Å². The van der Waals surface area contributed by atoms with Crippen molar-refractivity contribution in [1.29, 1.82) is 0 Å². The van der Waals surface area contributed by atoms with Crippen molar-refractivity contribution >= 4 is 40.7 Å². The summed E-state index contributed by atoms with van der Waals surface area (Å²) < 4.78 is 5.41. The molecule has 0 unspecified atom stereocenters. The number of benzene rings is 3. The summed E-state index contributed by atoms with van der Waals surface area (Å²) in [5.74, 6) is -0.647. The molecule has 3 aromatic carbocycles. The lowest BCUT2D eigenvalue weighted by Crippen LogP contribution is -2.34. The zero-order valence-corrected chi connectivity index (χ0v) is 19.8. The first-order valence-electron chi connectivity index (χ1n) is 11.2. The summed E-state index contributed by atoms with van der Waals surface area (Å²) in [7, 11) is 0. The average Bonchev–Trinajstić information content (AvgIpc) is 3.07. The van der Waals surface area contributed by atoms with Crippen LogP contribution in [0.4, 0.5) is 11.4 Å². The number of rotatable bonds is 9. The van der Waals surface area contributed by atoms with E-state index in [0.29, 0.717) is 30.0 Å². The van der Waals surface area contributed by atoms with Crippen molar-refractivity contribution in [3.05, 3.63) is 101 Å². The van der Waals surface area contributed by atoms with Gasteiger partial charge in [-0.3, -0.25) is 19.3 Å². The first-order valence-corrected chi connectivity index (χ1v) is 11.5. The number of hydrogen-bond donors (Lipinski definition) is 2. The normalized spacial score (nSPS) is 13.3. The molecule has 3 aromatic rings. The van der Waals surface area contributed by atoms with Gasteiger partial charge in [0.05, 0.1) is 6.61 Å². The van der Waals surface area contributed by atoms with E-state index in [1.54, 1.807) is 48.5 Å². The SMILES string of the molecule is CCOc1ccc(NC(=O)c2cccc(NC3=C(Cl)C(=O)N(CCc4ccccc4)C3=O)c2)cc1. The Morgan fingerprint density at radius 2 is 1.66 bits per heavy atom. The maximum atomic E-state index is 12.9. The molecular formula is C27H24ClN3O4. The lowest BCUT2D eigenvalue weighted by atomic mass is 10.1. The van der Waals surface area contributed by atoms with Crippen molar-refractivity contribution in [3.63, 3.8) is 0 Å². The highest BCUT2D eigenvalue weighted by Crippen LogP contribution is 2.26. The van der Waals surface area contributed by atoms with E-state index in [1.807, 2.05) is 37.3 Å². The number of nitrogens with one attached hydrogen (secondary N) is 2. The van der Waals surface area contributed by atoms with Gasteiger partial charge in [-0.25, -0.2) is 0 Å². The molecule has 0 fully saturated rings. The van der Waals surface area contributed by atoms with Gasteiger partial charge in [0.25, 0.3) is 17.7 Å². The molecule has 2 N–H and O–H groups in total. The highest BCUT2D eigenvalue weighted by Gasteiger charge is 2.37. The second-order valence-electron chi connectivity index (χ2n) is 7.80. The Bertz CT molecular complexity index is 1270. The van der Waals surface area contributed by atoms with Gasteiger partial charge in [0.2, 0.25) is 0 Å². The van der Waals surface area contributed by atoms with E-state index in [2.05, 4.69) is 10.6 Å². The van der Waals surface area contributed by atoms with Gasteiger partial charge in [0.15, 0.2) is 0 Å². The quantitative estimate of drug-likeness (QED) is 0.421. The minimum Gasteiger partial charge on any atom is -0.494 e. The summed E-state index contributed by atoms with van der Waals surface area (Å²) in [5, 5.41) is 5.57. The smallest absolute Gasteiger partial charge is 0.278 e. The molecule has 0 atom stereocenters. The Kier molecular flexibility index (Phi) is 7.48. The summed E-state index contributed by atoms with van der Waals surface area (Å²) in [6, 6.07) is 23.2. The molecule has 0 spiro atoms. The average molecular weight is 490 g/mol. The van der Waals surface area contributed by atoms with E-state index >= 15 is 0 Å². The first kappa shape index (κ1) is 24.0. The Morgan fingerprint density at radius 3 is 2.37 bits per heavy atom. The van der Waals surface area contributed by atoms with Crippen molar-refractivity contribution < 1.29 is 19.1 Å². The molecular weight excluding hydrogens is 466 g/mol. The molecule has 0 saturated carbocycles. The molecule has 0 saturated heterocycles. The van der Waals surface area contributed by atoms with Crippen molar-refractivity contribution in [1.82, 2.24) is 4.90 Å². The number of anilines is 2. The molecule has 3 amide bonds. The monoisotopic (exact) mass is 489 g/mol. The minimum absolute atomic E-state index is 0.00574. The molecule has 4 rings (SSSR count). The van der Waals surface area contributed by atoms with Gasteiger partial charge in [-0.05, 0) is 61.4 Å². The van der Waals surface area contributed by atoms with Gasteiger partial charge in [0.1, 0.15) is 16.5 Å². The Labute approximate surface area is 208 Å². The van der Waals surface area contributed by atoms with Crippen molar-refractivity contribution in [3.8, 4) is 5.75 Å². The zero-order valence-electron chi connectivity index (χ0n) is 19.1. The number of carbonyl (C=O) groups is 3. The van der Waals surface area contributed by atoms with Crippen LogP contribution in [0.2, 0.25) is 0 Å².